The van der Waals surface area contributed by atoms with E-state index in [0.717, 1.165) is 23.3 Å². The number of aliphatic hydroxyl groups excluding tert-OH is 1. The molecule has 0 saturated heterocycles. The number of halogens is 3. The Kier molecular flexibility index (Phi) is 6.44. The predicted octanol–water partition coefficient (Wildman–Crippen LogP) is 5.55. The van der Waals surface area contributed by atoms with E-state index in [-0.39, 0.29) is 24.6 Å². The summed E-state index contributed by atoms with van der Waals surface area (Å²) in [6.07, 6.45) is -4.52. The largest absolute Gasteiger partial charge is 0.416 e. The Morgan fingerprint density at radius 1 is 0.909 bits per heavy atom. The van der Waals surface area contributed by atoms with Crippen LogP contribution < -0.4 is 0 Å². The number of hydrogen-bond donors (Lipinski definition) is 1. The highest BCUT2D eigenvalue weighted by atomic mass is 19.4. The van der Waals surface area contributed by atoms with Crippen LogP contribution in [0.2, 0.25) is 0 Å². The number of carbonyl (C=O) groups excluding carboxylic acids is 1. The maximum Gasteiger partial charge on any atom is 0.416 e. The fourth-order valence-corrected chi connectivity index (χ4v) is 3.92. The summed E-state index contributed by atoms with van der Waals surface area (Å²) in [6.45, 7) is 2.77. The van der Waals surface area contributed by atoms with Gasteiger partial charge in [0, 0.05) is 17.7 Å². The molecule has 0 radical (unpaired) electrons. The third kappa shape index (κ3) is 4.60. The molecule has 33 heavy (non-hydrogen) atoms. The lowest BCUT2D eigenvalue weighted by molar-refractivity contribution is -0.137. The summed E-state index contributed by atoms with van der Waals surface area (Å²) in [7, 11) is 0. The summed E-state index contributed by atoms with van der Waals surface area (Å²) < 4.78 is 45.7. The predicted molar refractivity (Wildman–Crippen MR) is 120 cm³/mol. The lowest BCUT2D eigenvalue weighted by Crippen LogP contribution is -2.24. The number of ether oxygens (including phenoxy) is 1. The van der Waals surface area contributed by atoms with Gasteiger partial charge in [-0.25, -0.2) is 0 Å². The van der Waals surface area contributed by atoms with E-state index < -0.39 is 11.7 Å². The monoisotopic (exact) mass is 453 g/mol. The Labute approximate surface area is 189 Å². The Balaban J connectivity index is 1.87. The molecule has 0 saturated carbocycles. The van der Waals surface area contributed by atoms with E-state index in [1.807, 2.05) is 13.0 Å². The van der Waals surface area contributed by atoms with Crippen LogP contribution in [-0.2, 0) is 17.5 Å². The zero-order valence-electron chi connectivity index (χ0n) is 17.9. The van der Waals surface area contributed by atoms with Gasteiger partial charge in [0.25, 0.3) is 0 Å². The van der Waals surface area contributed by atoms with Crippen LogP contribution in [0.15, 0.2) is 65.7 Å². The molecular formula is C26H22F3NO3. The zero-order valence-corrected chi connectivity index (χ0v) is 17.9. The van der Waals surface area contributed by atoms with Gasteiger partial charge in [-0.2, -0.15) is 13.2 Å². The van der Waals surface area contributed by atoms with Crippen molar-refractivity contribution >= 4 is 11.5 Å². The average Bonchev–Trinajstić information content (AvgIpc) is 2.82. The maximum atomic E-state index is 13.5. The number of nitrogens with zero attached hydrogens (tertiary/aromatic N) is 1. The van der Waals surface area contributed by atoms with Crippen LogP contribution in [0.3, 0.4) is 0 Å². The first-order chi connectivity index (χ1) is 15.8. The second-order valence-electron chi connectivity index (χ2n) is 7.63. The molecule has 1 aliphatic carbocycles. The molecule has 4 rings (SSSR count). The third-order valence-electron chi connectivity index (χ3n) is 5.52. The van der Waals surface area contributed by atoms with Crippen LogP contribution in [0.1, 0.15) is 34.0 Å². The normalized spacial score (nSPS) is 14.3. The van der Waals surface area contributed by atoms with Crippen molar-refractivity contribution in [3.63, 3.8) is 0 Å². The lowest BCUT2D eigenvalue weighted by Gasteiger charge is -2.23. The van der Waals surface area contributed by atoms with Gasteiger partial charge >= 0.3 is 6.18 Å². The minimum absolute atomic E-state index is 0.128. The molecule has 3 aromatic rings. The molecule has 0 bridgehead atoms. The summed E-state index contributed by atoms with van der Waals surface area (Å²) in [5.41, 5.74) is 3.01. The van der Waals surface area contributed by atoms with Gasteiger partial charge in [0.15, 0.2) is 0 Å². The Morgan fingerprint density at radius 3 is 2.36 bits per heavy atom. The van der Waals surface area contributed by atoms with Crippen molar-refractivity contribution < 1.29 is 27.8 Å². The summed E-state index contributed by atoms with van der Waals surface area (Å²) in [6, 6.07) is 15.7. The van der Waals surface area contributed by atoms with Gasteiger partial charge in [0.05, 0.1) is 25.3 Å². The first-order valence-corrected chi connectivity index (χ1v) is 10.6. The number of carbonyl (C=O) groups is 1. The van der Waals surface area contributed by atoms with E-state index in [1.54, 1.807) is 36.4 Å². The average molecular weight is 453 g/mol. The highest BCUT2D eigenvalue weighted by molar-refractivity contribution is 6.55. The van der Waals surface area contributed by atoms with Crippen LogP contribution in [0, 0.1) is 0 Å². The Morgan fingerprint density at radius 2 is 1.64 bits per heavy atom. The first-order valence-electron chi connectivity index (χ1n) is 10.6. The number of Topliss-reactive ketones (excluding diaryl/α,β-unsaturated/α-hetero) is 1. The van der Waals surface area contributed by atoms with Crippen LogP contribution in [0.4, 0.5) is 13.2 Å². The molecule has 3 aromatic carbocycles. The molecule has 7 heteroatoms. The topological polar surface area (TPSA) is 58.9 Å². The van der Waals surface area contributed by atoms with Crippen molar-refractivity contribution in [3.8, 4) is 22.3 Å². The summed E-state index contributed by atoms with van der Waals surface area (Å²) in [4.78, 5) is 17.6. The molecule has 0 fully saturated rings. The fraction of sp³-hybridized carbons (Fsp3) is 0.231. The molecule has 0 unspecified atom stereocenters. The smallest absolute Gasteiger partial charge is 0.392 e. The number of aliphatic hydroxyl groups is 1. The number of ketones is 1. The van der Waals surface area contributed by atoms with Crippen molar-refractivity contribution in [2.45, 2.75) is 19.7 Å². The molecule has 0 atom stereocenters. The molecule has 0 spiro atoms. The molecule has 1 N–H and O–H groups in total. The number of rotatable bonds is 6. The highest BCUT2D eigenvalue weighted by Gasteiger charge is 2.34. The SMILES string of the molecule is CCOCCN=C1C(=O)c2ccc(-c3cccc(CO)c3)cc2-c2cc(C(F)(F)F)ccc21. The Hall–Kier alpha value is -3.29. The maximum absolute atomic E-state index is 13.5. The summed E-state index contributed by atoms with van der Waals surface area (Å²) in [5.74, 6) is -0.329. The van der Waals surface area contributed by atoms with Gasteiger partial charge in [-0.05, 0) is 65.1 Å². The number of fused-ring (bicyclic) bond motifs is 3. The molecular weight excluding hydrogens is 431 g/mol. The molecule has 0 heterocycles. The highest BCUT2D eigenvalue weighted by Crippen LogP contribution is 2.40. The molecule has 0 aromatic heterocycles. The summed E-state index contributed by atoms with van der Waals surface area (Å²) in [5, 5.41) is 9.43. The molecule has 170 valence electrons. The Bertz CT molecular complexity index is 1230. The zero-order chi connectivity index (χ0) is 23.6. The first kappa shape index (κ1) is 22.9. The van der Waals surface area contributed by atoms with Crippen LogP contribution in [0.25, 0.3) is 22.3 Å². The van der Waals surface area contributed by atoms with E-state index in [9.17, 15) is 23.1 Å². The van der Waals surface area contributed by atoms with Gasteiger partial charge in [-0.3, -0.25) is 9.79 Å². The fourth-order valence-electron chi connectivity index (χ4n) is 3.92. The van der Waals surface area contributed by atoms with Gasteiger partial charge in [0.1, 0.15) is 5.71 Å². The molecule has 1 aliphatic rings. The van der Waals surface area contributed by atoms with Gasteiger partial charge in [0.2, 0.25) is 5.78 Å². The minimum atomic E-state index is -4.52. The summed E-state index contributed by atoms with van der Waals surface area (Å²) >= 11 is 0. The van der Waals surface area contributed by atoms with Gasteiger partial charge in [-0.15, -0.1) is 0 Å². The molecule has 4 nitrogen and oxygen atoms in total. The number of aliphatic imine (C=N–C) groups is 1. The van der Waals surface area contributed by atoms with Crippen LogP contribution >= 0.6 is 0 Å². The third-order valence-corrected chi connectivity index (χ3v) is 5.52. The van der Waals surface area contributed by atoms with E-state index >= 15 is 0 Å². The van der Waals surface area contributed by atoms with E-state index in [0.29, 0.717) is 41.0 Å². The van der Waals surface area contributed by atoms with Crippen LogP contribution in [-0.4, -0.2) is 36.4 Å². The van der Waals surface area contributed by atoms with Crippen molar-refractivity contribution in [2.24, 2.45) is 4.99 Å². The van der Waals surface area contributed by atoms with E-state index in [2.05, 4.69) is 4.99 Å². The standard InChI is InChI=1S/C26H22F3NO3/c1-2-33-11-10-30-24-20-9-7-19(26(27,28)29)14-23(20)22-13-18(6-8-21(22)25(24)32)17-5-3-4-16(12-17)15-31/h3-9,12-14,31H,2,10-11,15H2,1H3. The van der Waals surface area contributed by atoms with Crippen LogP contribution in [0.5, 0.6) is 0 Å². The van der Waals surface area contributed by atoms with Gasteiger partial charge < -0.3 is 9.84 Å². The van der Waals surface area contributed by atoms with Crippen molar-refractivity contribution in [1.82, 2.24) is 0 Å². The number of benzene rings is 3. The molecule has 0 aliphatic heterocycles. The van der Waals surface area contributed by atoms with Crippen molar-refractivity contribution in [1.29, 1.82) is 0 Å². The van der Waals surface area contributed by atoms with Crippen molar-refractivity contribution in [2.75, 3.05) is 19.8 Å². The van der Waals surface area contributed by atoms with Crippen molar-refractivity contribution in [3.05, 3.63) is 82.9 Å². The van der Waals surface area contributed by atoms with E-state index in [4.69, 9.17) is 4.74 Å². The second-order valence-corrected chi connectivity index (χ2v) is 7.63. The number of hydrogen-bond acceptors (Lipinski definition) is 4. The lowest BCUT2D eigenvalue weighted by atomic mass is 9.81. The second kappa shape index (κ2) is 9.29. The van der Waals surface area contributed by atoms with Gasteiger partial charge in [-0.1, -0.05) is 30.3 Å². The quantitative estimate of drug-likeness (QED) is 0.498. The minimum Gasteiger partial charge on any atom is -0.392 e. The van der Waals surface area contributed by atoms with E-state index in [1.165, 1.54) is 6.07 Å². The number of alkyl halides is 3. The molecule has 0 amide bonds.